The summed E-state index contributed by atoms with van der Waals surface area (Å²) in [4.78, 5) is 15.5. The number of ketones is 1. The summed E-state index contributed by atoms with van der Waals surface area (Å²) >= 11 is 1.21. The Kier molecular flexibility index (Phi) is 3.41. The molecular formula is C14H10N4O2S. The van der Waals surface area contributed by atoms with Crippen molar-refractivity contribution in [3.8, 4) is 5.75 Å². The minimum Gasteiger partial charge on any atom is -0.507 e. The van der Waals surface area contributed by atoms with Gasteiger partial charge in [-0.2, -0.15) is 4.37 Å². The van der Waals surface area contributed by atoms with Gasteiger partial charge in [-0.1, -0.05) is 0 Å². The van der Waals surface area contributed by atoms with Crippen molar-refractivity contribution in [1.82, 2.24) is 9.36 Å². The molecule has 7 heteroatoms. The molecule has 0 unspecified atom stereocenters. The summed E-state index contributed by atoms with van der Waals surface area (Å²) in [5.41, 5.74) is 1.34. The number of pyridine rings is 1. The van der Waals surface area contributed by atoms with Gasteiger partial charge < -0.3 is 5.11 Å². The van der Waals surface area contributed by atoms with Crippen LogP contribution in [0.5, 0.6) is 5.75 Å². The van der Waals surface area contributed by atoms with E-state index in [-0.39, 0.29) is 17.1 Å². The molecule has 6 nitrogen and oxygen atoms in total. The Morgan fingerprint density at radius 3 is 2.95 bits per heavy atom. The molecule has 0 aliphatic heterocycles. The van der Waals surface area contributed by atoms with Gasteiger partial charge >= 0.3 is 0 Å². The van der Waals surface area contributed by atoms with Crippen LogP contribution in [0, 0.1) is 0 Å². The summed E-state index contributed by atoms with van der Waals surface area (Å²) < 4.78 is 4.17. The minimum absolute atomic E-state index is 0.0612. The summed E-state index contributed by atoms with van der Waals surface area (Å²) in [5.74, 6) is -0.286. The molecule has 0 atom stereocenters. The van der Waals surface area contributed by atoms with E-state index in [1.54, 1.807) is 12.3 Å². The van der Waals surface area contributed by atoms with E-state index in [9.17, 15) is 9.90 Å². The van der Waals surface area contributed by atoms with Crippen LogP contribution in [0.4, 0.5) is 10.7 Å². The van der Waals surface area contributed by atoms with Gasteiger partial charge in [-0.15, -0.1) is 10.2 Å². The average Bonchev–Trinajstić information content (AvgIpc) is 2.89. The van der Waals surface area contributed by atoms with Gasteiger partial charge in [0.15, 0.2) is 16.4 Å². The maximum absolute atomic E-state index is 11.4. The van der Waals surface area contributed by atoms with Gasteiger partial charge in [-0.05, 0) is 48.8 Å². The zero-order valence-corrected chi connectivity index (χ0v) is 11.8. The highest BCUT2D eigenvalue weighted by Crippen LogP contribution is 2.31. The van der Waals surface area contributed by atoms with Crippen molar-refractivity contribution in [2.45, 2.75) is 6.92 Å². The average molecular weight is 298 g/mol. The Bertz CT molecular complexity index is 857. The zero-order valence-electron chi connectivity index (χ0n) is 11.0. The SMILES string of the molecule is CC(=O)c1cc(N=Nc2snc3ncccc23)ccc1O. The number of aromatic nitrogens is 2. The molecular weight excluding hydrogens is 288 g/mol. The Morgan fingerprint density at radius 1 is 1.29 bits per heavy atom. The first-order chi connectivity index (χ1) is 10.1. The highest BCUT2D eigenvalue weighted by molar-refractivity contribution is 7.11. The Labute approximate surface area is 124 Å². The second-order valence-electron chi connectivity index (χ2n) is 4.32. The van der Waals surface area contributed by atoms with Crippen LogP contribution >= 0.6 is 11.5 Å². The molecule has 1 N–H and O–H groups in total. The third kappa shape index (κ3) is 2.63. The third-order valence-corrected chi connectivity index (χ3v) is 3.59. The molecule has 0 aliphatic carbocycles. The number of phenolic OH excluding ortho intramolecular Hbond substituents is 1. The van der Waals surface area contributed by atoms with Crippen LogP contribution in [0.15, 0.2) is 46.8 Å². The standard InChI is InChI=1S/C14H10N4O2S/c1-8(19)11-7-9(4-5-12(11)20)16-17-14-10-3-2-6-15-13(10)18-21-14/h2-7,20H,1H3. The van der Waals surface area contributed by atoms with E-state index in [0.717, 1.165) is 5.39 Å². The first-order valence-corrected chi connectivity index (χ1v) is 6.88. The van der Waals surface area contributed by atoms with E-state index < -0.39 is 0 Å². The fourth-order valence-corrected chi connectivity index (χ4v) is 2.47. The monoisotopic (exact) mass is 298 g/mol. The number of carbonyl (C=O) groups is 1. The van der Waals surface area contributed by atoms with Gasteiger partial charge in [-0.3, -0.25) is 4.79 Å². The predicted octanol–water partition coefficient (Wildman–Crippen LogP) is 4.01. The quantitative estimate of drug-likeness (QED) is 0.584. The molecule has 2 heterocycles. The summed E-state index contributed by atoms with van der Waals surface area (Å²) in [6, 6.07) is 8.20. The van der Waals surface area contributed by atoms with Crippen molar-refractivity contribution in [3.63, 3.8) is 0 Å². The highest BCUT2D eigenvalue weighted by Gasteiger charge is 2.08. The van der Waals surface area contributed by atoms with Gasteiger partial charge in [0, 0.05) is 6.20 Å². The fraction of sp³-hybridized carbons (Fsp3) is 0.0714. The number of benzene rings is 1. The van der Waals surface area contributed by atoms with Crippen LogP contribution in [0.25, 0.3) is 11.0 Å². The zero-order chi connectivity index (χ0) is 14.8. The lowest BCUT2D eigenvalue weighted by Gasteiger charge is -2.00. The molecule has 0 fully saturated rings. The molecule has 0 radical (unpaired) electrons. The number of nitrogens with zero attached hydrogens (tertiary/aromatic N) is 4. The molecule has 0 aliphatic rings. The number of fused-ring (bicyclic) bond motifs is 1. The minimum atomic E-state index is -0.225. The van der Waals surface area contributed by atoms with Crippen LogP contribution in [0.2, 0.25) is 0 Å². The van der Waals surface area contributed by atoms with E-state index in [2.05, 4.69) is 19.6 Å². The number of hydrogen-bond acceptors (Lipinski definition) is 7. The molecule has 104 valence electrons. The molecule has 21 heavy (non-hydrogen) atoms. The molecule has 0 spiro atoms. The number of rotatable bonds is 3. The first kappa shape index (κ1) is 13.3. The molecule has 3 rings (SSSR count). The van der Waals surface area contributed by atoms with Gasteiger partial charge in [0.2, 0.25) is 0 Å². The Balaban J connectivity index is 1.96. The summed E-state index contributed by atoms with van der Waals surface area (Å²) in [5, 5.41) is 19.3. The number of azo groups is 1. The second-order valence-corrected chi connectivity index (χ2v) is 5.07. The number of hydrogen-bond donors (Lipinski definition) is 1. The molecule has 3 aromatic rings. The molecule has 0 bridgehead atoms. The van der Waals surface area contributed by atoms with Crippen molar-refractivity contribution >= 4 is 39.0 Å². The number of aromatic hydroxyl groups is 1. The lowest BCUT2D eigenvalue weighted by atomic mass is 10.1. The maximum Gasteiger partial charge on any atom is 0.175 e. The van der Waals surface area contributed by atoms with Gasteiger partial charge in [-0.25, -0.2) is 4.98 Å². The lowest BCUT2D eigenvalue weighted by molar-refractivity contribution is 0.101. The Morgan fingerprint density at radius 2 is 2.14 bits per heavy atom. The predicted molar refractivity (Wildman–Crippen MR) is 79.7 cm³/mol. The molecule has 0 saturated carbocycles. The normalized spacial score (nSPS) is 11.3. The highest BCUT2D eigenvalue weighted by atomic mass is 32.1. The lowest BCUT2D eigenvalue weighted by Crippen LogP contribution is -1.91. The largest absolute Gasteiger partial charge is 0.507 e. The summed E-state index contributed by atoms with van der Waals surface area (Å²) in [7, 11) is 0. The number of carbonyl (C=O) groups excluding carboxylic acids is 1. The number of phenols is 1. The van der Waals surface area contributed by atoms with E-state index >= 15 is 0 Å². The van der Waals surface area contributed by atoms with E-state index in [1.807, 2.05) is 12.1 Å². The smallest absolute Gasteiger partial charge is 0.175 e. The van der Waals surface area contributed by atoms with E-state index in [0.29, 0.717) is 16.3 Å². The van der Waals surface area contributed by atoms with Crippen molar-refractivity contribution in [2.24, 2.45) is 10.2 Å². The van der Waals surface area contributed by atoms with E-state index in [4.69, 9.17) is 0 Å². The first-order valence-electron chi connectivity index (χ1n) is 6.11. The molecule has 2 aromatic heterocycles. The second kappa shape index (κ2) is 5.37. The summed E-state index contributed by atoms with van der Waals surface area (Å²) in [6.07, 6.45) is 1.67. The molecule has 0 saturated heterocycles. The van der Waals surface area contributed by atoms with Gasteiger partial charge in [0.25, 0.3) is 0 Å². The van der Waals surface area contributed by atoms with Crippen LogP contribution in [0.3, 0.4) is 0 Å². The third-order valence-electron chi connectivity index (χ3n) is 2.85. The van der Waals surface area contributed by atoms with Crippen molar-refractivity contribution in [3.05, 3.63) is 42.1 Å². The number of Topliss-reactive ketones (excluding diaryl/α,β-unsaturated/α-hetero) is 1. The molecule has 1 aromatic carbocycles. The Hall–Kier alpha value is -2.67. The van der Waals surface area contributed by atoms with Crippen molar-refractivity contribution < 1.29 is 9.90 Å². The summed E-state index contributed by atoms with van der Waals surface area (Å²) in [6.45, 7) is 1.39. The van der Waals surface area contributed by atoms with Crippen LogP contribution < -0.4 is 0 Å². The van der Waals surface area contributed by atoms with Crippen LogP contribution in [-0.2, 0) is 0 Å². The van der Waals surface area contributed by atoms with E-state index in [1.165, 1.54) is 30.6 Å². The van der Waals surface area contributed by atoms with Gasteiger partial charge in [0.05, 0.1) is 16.6 Å². The van der Waals surface area contributed by atoms with Gasteiger partial charge in [0.1, 0.15) is 5.75 Å². The van der Waals surface area contributed by atoms with Crippen molar-refractivity contribution in [1.29, 1.82) is 0 Å². The van der Waals surface area contributed by atoms with Crippen molar-refractivity contribution in [2.75, 3.05) is 0 Å². The van der Waals surface area contributed by atoms with Crippen LogP contribution in [-0.4, -0.2) is 20.2 Å². The van der Waals surface area contributed by atoms with Crippen LogP contribution in [0.1, 0.15) is 17.3 Å². The fourth-order valence-electron chi connectivity index (χ4n) is 1.82. The molecule has 0 amide bonds. The topological polar surface area (TPSA) is 87.8 Å². The maximum atomic E-state index is 11.4.